The molecule has 2 heterocycles. The number of halogens is 1. The summed E-state index contributed by atoms with van der Waals surface area (Å²) >= 11 is 0. The van der Waals surface area contributed by atoms with Gasteiger partial charge in [0.25, 0.3) is 0 Å². The van der Waals surface area contributed by atoms with Crippen LogP contribution in [0.4, 0.5) is 10.2 Å². The van der Waals surface area contributed by atoms with Crippen LogP contribution in [0.1, 0.15) is 12.8 Å². The van der Waals surface area contributed by atoms with Crippen molar-refractivity contribution in [1.29, 1.82) is 0 Å². The molecule has 152 valence electrons. The van der Waals surface area contributed by atoms with Gasteiger partial charge in [-0.05, 0) is 37.1 Å². The number of rotatable bonds is 6. The van der Waals surface area contributed by atoms with Crippen LogP contribution in [-0.2, 0) is 0 Å². The first kappa shape index (κ1) is 19.2. The Balaban J connectivity index is 1.55. The lowest BCUT2D eigenvalue weighted by atomic mass is 9.98. The maximum atomic E-state index is 13.8. The third-order valence-corrected chi connectivity index (χ3v) is 5.28. The van der Waals surface area contributed by atoms with Gasteiger partial charge in [-0.3, -0.25) is 0 Å². The molecule has 0 spiro atoms. The molecule has 7 heteroatoms. The highest BCUT2D eigenvalue weighted by molar-refractivity contribution is 5.94. The minimum Gasteiger partial charge on any atom is -0.493 e. The molecule has 6 nitrogen and oxygen atoms in total. The summed E-state index contributed by atoms with van der Waals surface area (Å²) < 4.78 is 30.4. The summed E-state index contributed by atoms with van der Waals surface area (Å²) in [6.07, 6.45) is 3.76. The minimum absolute atomic E-state index is 0.278. The van der Waals surface area contributed by atoms with Crippen LogP contribution in [0, 0.1) is 11.7 Å². The molecule has 1 atom stereocenters. The third-order valence-electron chi connectivity index (χ3n) is 5.28. The summed E-state index contributed by atoms with van der Waals surface area (Å²) in [4.78, 5) is 2.22. The number of nitrogens with zero attached hydrogens (tertiary/aromatic N) is 3. The van der Waals surface area contributed by atoms with Crippen molar-refractivity contribution in [3.63, 3.8) is 0 Å². The van der Waals surface area contributed by atoms with Gasteiger partial charge in [-0.25, -0.2) is 4.39 Å². The van der Waals surface area contributed by atoms with Crippen molar-refractivity contribution in [3.8, 4) is 17.2 Å². The number of para-hydroxylation sites is 1. The van der Waals surface area contributed by atoms with E-state index in [0.29, 0.717) is 23.9 Å². The van der Waals surface area contributed by atoms with E-state index in [1.807, 2.05) is 12.1 Å². The zero-order chi connectivity index (χ0) is 20.2. The maximum Gasteiger partial charge on any atom is 0.165 e. The Morgan fingerprint density at radius 3 is 2.69 bits per heavy atom. The average Bonchev–Trinajstić information content (AvgIpc) is 2.77. The lowest BCUT2D eigenvalue weighted by Crippen LogP contribution is -2.38. The molecule has 3 aromatic rings. The van der Waals surface area contributed by atoms with Crippen LogP contribution in [0.5, 0.6) is 17.2 Å². The Morgan fingerprint density at radius 2 is 1.90 bits per heavy atom. The van der Waals surface area contributed by atoms with E-state index in [-0.39, 0.29) is 11.7 Å². The summed E-state index contributed by atoms with van der Waals surface area (Å²) in [5.41, 5.74) is 0. The Hall–Kier alpha value is -3.09. The summed E-state index contributed by atoms with van der Waals surface area (Å²) in [7, 11) is 3.24. The van der Waals surface area contributed by atoms with Gasteiger partial charge in [0.05, 0.1) is 27.0 Å². The molecule has 29 heavy (non-hydrogen) atoms. The number of fused-ring (bicyclic) bond motifs is 1. The molecular weight excluding hydrogens is 373 g/mol. The van der Waals surface area contributed by atoms with Crippen LogP contribution in [0.15, 0.2) is 42.6 Å². The molecule has 0 amide bonds. The largest absolute Gasteiger partial charge is 0.493 e. The first-order valence-electron chi connectivity index (χ1n) is 9.69. The van der Waals surface area contributed by atoms with Crippen molar-refractivity contribution >= 4 is 16.6 Å². The number of piperidine rings is 1. The molecule has 1 aromatic heterocycles. The van der Waals surface area contributed by atoms with E-state index in [1.165, 1.54) is 6.07 Å². The number of hydrogen-bond acceptors (Lipinski definition) is 6. The molecule has 0 saturated carbocycles. The van der Waals surface area contributed by atoms with Crippen LogP contribution in [0.2, 0.25) is 0 Å². The molecule has 1 unspecified atom stereocenters. The second kappa shape index (κ2) is 8.51. The molecule has 2 aromatic carbocycles. The average molecular weight is 397 g/mol. The molecule has 1 fully saturated rings. The van der Waals surface area contributed by atoms with Gasteiger partial charge in [0.2, 0.25) is 0 Å². The minimum atomic E-state index is -0.332. The van der Waals surface area contributed by atoms with E-state index in [9.17, 15) is 4.39 Å². The van der Waals surface area contributed by atoms with Crippen molar-refractivity contribution in [2.24, 2.45) is 5.92 Å². The van der Waals surface area contributed by atoms with Crippen molar-refractivity contribution in [2.75, 3.05) is 38.8 Å². The van der Waals surface area contributed by atoms with E-state index in [2.05, 4.69) is 15.1 Å². The summed E-state index contributed by atoms with van der Waals surface area (Å²) in [6.45, 7) is 2.13. The van der Waals surface area contributed by atoms with E-state index in [1.54, 1.807) is 38.6 Å². The fourth-order valence-corrected chi connectivity index (χ4v) is 3.79. The quantitative estimate of drug-likeness (QED) is 0.625. The zero-order valence-corrected chi connectivity index (χ0v) is 16.6. The molecule has 1 aliphatic heterocycles. The molecule has 1 saturated heterocycles. The zero-order valence-electron chi connectivity index (χ0n) is 16.6. The van der Waals surface area contributed by atoms with Crippen molar-refractivity contribution in [1.82, 2.24) is 10.2 Å². The van der Waals surface area contributed by atoms with Crippen LogP contribution < -0.4 is 19.1 Å². The van der Waals surface area contributed by atoms with Gasteiger partial charge in [0.15, 0.2) is 28.9 Å². The molecule has 0 radical (unpaired) electrons. The second-order valence-corrected chi connectivity index (χ2v) is 7.16. The number of hydrogen-bond donors (Lipinski definition) is 0. The number of ether oxygens (including phenoxy) is 3. The van der Waals surface area contributed by atoms with Gasteiger partial charge in [-0.2, -0.15) is 5.10 Å². The van der Waals surface area contributed by atoms with Crippen molar-refractivity contribution < 1.29 is 18.6 Å². The van der Waals surface area contributed by atoms with Gasteiger partial charge in [-0.1, -0.05) is 12.1 Å². The number of methoxy groups -OCH3 is 2. The predicted molar refractivity (Wildman–Crippen MR) is 109 cm³/mol. The molecule has 1 aliphatic rings. The standard InChI is InChI=1S/C22H24FN3O3/c1-27-20-10-16-12-24-25-22(17(16)11-21(20)28-2)26-9-5-6-15(13-26)14-29-19-8-4-3-7-18(19)23/h3-4,7-8,10-12,15H,5-6,9,13-14H2,1-2H3. The number of benzene rings is 2. The van der Waals surface area contributed by atoms with Gasteiger partial charge >= 0.3 is 0 Å². The lowest BCUT2D eigenvalue weighted by Gasteiger charge is -2.33. The van der Waals surface area contributed by atoms with Gasteiger partial charge in [-0.15, -0.1) is 5.10 Å². The van der Waals surface area contributed by atoms with Crippen LogP contribution in [0.3, 0.4) is 0 Å². The maximum absolute atomic E-state index is 13.8. The summed E-state index contributed by atoms with van der Waals surface area (Å²) in [5, 5.41) is 10.5. The third kappa shape index (κ3) is 4.04. The monoisotopic (exact) mass is 397 g/mol. The smallest absolute Gasteiger partial charge is 0.165 e. The highest BCUT2D eigenvalue weighted by Crippen LogP contribution is 2.36. The SMILES string of the molecule is COc1cc2cnnc(N3CCCC(COc4ccccc4F)C3)c2cc1OC. The molecule has 0 N–H and O–H groups in total. The molecular formula is C22H24FN3O3. The van der Waals surface area contributed by atoms with Gasteiger partial charge in [0, 0.05) is 29.8 Å². The fourth-order valence-electron chi connectivity index (χ4n) is 3.79. The van der Waals surface area contributed by atoms with E-state index < -0.39 is 0 Å². The highest BCUT2D eigenvalue weighted by Gasteiger charge is 2.24. The molecule has 0 bridgehead atoms. The topological polar surface area (TPSA) is 56.7 Å². The number of anilines is 1. The Kier molecular flexibility index (Phi) is 5.64. The van der Waals surface area contributed by atoms with Gasteiger partial charge < -0.3 is 19.1 Å². The van der Waals surface area contributed by atoms with Crippen LogP contribution in [0.25, 0.3) is 10.8 Å². The van der Waals surface area contributed by atoms with Gasteiger partial charge in [0.1, 0.15) is 0 Å². The van der Waals surface area contributed by atoms with Crippen molar-refractivity contribution in [3.05, 3.63) is 48.4 Å². The number of aromatic nitrogens is 2. The van der Waals surface area contributed by atoms with E-state index in [0.717, 1.165) is 42.5 Å². The van der Waals surface area contributed by atoms with E-state index in [4.69, 9.17) is 14.2 Å². The first-order valence-corrected chi connectivity index (χ1v) is 9.69. The summed E-state index contributed by atoms with van der Waals surface area (Å²) in [5.74, 6) is 2.38. The highest BCUT2D eigenvalue weighted by atomic mass is 19.1. The lowest BCUT2D eigenvalue weighted by molar-refractivity contribution is 0.221. The predicted octanol–water partition coefficient (Wildman–Crippen LogP) is 4.08. The molecule has 0 aliphatic carbocycles. The first-order chi connectivity index (χ1) is 14.2. The van der Waals surface area contributed by atoms with Crippen LogP contribution >= 0.6 is 0 Å². The van der Waals surface area contributed by atoms with Crippen LogP contribution in [-0.4, -0.2) is 44.1 Å². The summed E-state index contributed by atoms with van der Waals surface area (Å²) in [6, 6.07) is 10.4. The Morgan fingerprint density at radius 1 is 1.10 bits per heavy atom. The van der Waals surface area contributed by atoms with Crippen molar-refractivity contribution in [2.45, 2.75) is 12.8 Å². The van der Waals surface area contributed by atoms with E-state index >= 15 is 0 Å². The Labute approximate surface area is 169 Å². The molecule has 4 rings (SSSR count). The second-order valence-electron chi connectivity index (χ2n) is 7.16. The normalized spacial score (nSPS) is 16.7. The Bertz CT molecular complexity index is 998. The fraction of sp³-hybridized carbons (Fsp3) is 0.364.